The summed E-state index contributed by atoms with van der Waals surface area (Å²) in [5.41, 5.74) is 1.27. The molecule has 0 amide bonds. The van der Waals surface area contributed by atoms with E-state index in [-0.39, 0.29) is 23.5 Å². The van der Waals surface area contributed by atoms with Crippen LogP contribution < -0.4 is 11.3 Å². The molecule has 0 spiro atoms. The summed E-state index contributed by atoms with van der Waals surface area (Å²) < 4.78 is 42.5. The van der Waals surface area contributed by atoms with Gasteiger partial charge in [0, 0.05) is 6.42 Å². The summed E-state index contributed by atoms with van der Waals surface area (Å²) in [7, 11) is -10.6. The number of H-pyrrole nitrogens is 1. The van der Waals surface area contributed by atoms with Crippen LogP contribution in [0, 0.1) is 0 Å². The number of nitrogens with zero attached hydrogens (tertiary/aromatic N) is 3. The molecule has 0 bridgehead atoms. The SMILES string of the molecule is Nc1nc2c(ncn2[C@H]2C[C@H](O)[C@@H](COP(=S)(S)OP(=O)(O)OP(=O)(O)O)O2)c(=O)[nH]1. The zero-order valence-electron chi connectivity index (χ0n) is 15.0. The third kappa shape index (κ3) is 6.42. The van der Waals surface area contributed by atoms with Crippen molar-refractivity contribution < 1.29 is 46.8 Å². The molecular weight excluding hydrogens is 523 g/mol. The molecule has 1 fully saturated rings. The minimum absolute atomic E-state index is 0.00926. The Labute approximate surface area is 182 Å². The highest BCUT2D eigenvalue weighted by molar-refractivity contribution is 8.60. The van der Waals surface area contributed by atoms with Crippen molar-refractivity contribution in [3.05, 3.63) is 16.7 Å². The normalized spacial score (nSPS) is 26.0. The van der Waals surface area contributed by atoms with E-state index in [2.05, 4.69) is 35.8 Å². The van der Waals surface area contributed by atoms with Crippen molar-refractivity contribution in [2.45, 2.75) is 24.9 Å². The Hall–Kier alpha value is -0.710. The predicted octanol–water partition coefficient (Wildman–Crippen LogP) is -0.253. The summed E-state index contributed by atoms with van der Waals surface area (Å²) in [6, 6.07) is 0. The summed E-state index contributed by atoms with van der Waals surface area (Å²) in [4.78, 5) is 48.7. The average Bonchev–Trinajstić information content (AvgIpc) is 3.13. The van der Waals surface area contributed by atoms with Gasteiger partial charge in [-0.3, -0.25) is 14.3 Å². The van der Waals surface area contributed by atoms with Gasteiger partial charge >= 0.3 is 15.6 Å². The van der Waals surface area contributed by atoms with Crippen LogP contribution in [0.15, 0.2) is 11.1 Å². The fourth-order valence-corrected chi connectivity index (χ4v) is 7.66. The Morgan fingerprint density at radius 1 is 1.39 bits per heavy atom. The van der Waals surface area contributed by atoms with E-state index in [4.69, 9.17) is 36.6 Å². The number of nitrogens with one attached hydrogen (secondary N) is 1. The molecule has 16 nitrogen and oxygen atoms in total. The van der Waals surface area contributed by atoms with Gasteiger partial charge in [0.1, 0.15) is 12.3 Å². The molecule has 174 valence electrons. The Bertz CT molecular complexity index is 1180. The lowest BCUT2D eigenvalue weighted by molar-refractivity contribution is -0.0373. The van der Waals surface area contributed by atoms with E-state index in [1.165, 1.54) is 10.9 Å². The molecule has 5 atom stereocenters. The first kappa shape index (κ1) is 24.9. The lowest BCUT2D eigenvalue weighted by atomic mass is 10.2. The first-order valence-corrected chi connectivity index (χ1v) is 14.8. The number of imidazole rings is 1. The third-order valence-corrected chi connectivity index (χ3v) is 9.51. The monoisotopic (exact) mass is 539 g/mol. The second-order valence-corrected chi connectivity index (χ2v) is 14.3. The zero-order valence-corrected chi connectivity index (χ0v) is 19.4. The van der Waals surface area contributed by atoms with Crippen LogP contribution in [0.4, 0.5) is 5.95 Å². The van der Waals surface area contributed by atoms with E-state index < -0.39 is 51.9 Å². The van der Waals surface area contributed by atoms with Crippen molar-refractivity contribution in [1.29, 1.82) is 0 Å². The molecule has 2 aromatic heterocycles. The van der Waals surface area contributed by atoms with Crippen LogP contribution in [0.1, 0.15) is 12.6 Å². The topological polar surface area (TPSA) is 242 Å². The average molecular weight is 539 g/mol. The molecule has 21 heteroatoms. The highest BCUT2D eigenvalue weighted by atomic mass is 32.9. The maximum Gasteiger partial charge on any atom is 0.487 e. The molecular formula is C10H16N5O11P3S2. The minimum Gasteiger partial charge on any atom is -0.390 e. The lowest BCUT2D eigenvalue weighted by Crippen LogP contribution is -2.25. The van der Waals surface area contributed by atoms with Gasteiger partial charge in [0.05, 0.1) is 19.0 Å². The Morgan fingerprint density at radius 2 is 2.06 bits per heavy atom. The molecule has 1 aliphatic heterocycles. The number of hydrogen-bond donors (Lipinski definition) is 7. The van der Waals surface area contributed by atoms with Crippen LogP contribution in [0.5, 0.6) is 0 Å². The number of thiol groups is 1. The number of phosphoric acid groups is 2. The Kier molecular flexibility index (Phi) is 7.16. The number of aliphatic hydroxyl groups is 1. The number of aliphatic hydroxyl groups excluding tert-OH is 1. The standard InChI is InChI=1S/C10H16N5O11P3S2/c11-10-13-8-7(9(17)14-10)12-3-15(8)6-1-4(16)5(24-6)2-23-29(30,31)26-28(21,22)25-27(18,19)20/h3-6,16H,1-2H2,(H,21,22)(H,30,31)(H2,18,19,20)(H3,11,13,14,17)/t4-,5+,6+/m0/s1. The maximum atomic E-state index is 11.9. The lowest BCUT2D eigenvalue weighted by Gasteiger charge is -2.22. The Morgan fingerprint density at radius 3 is 2.71 bits per heavy atom. The maximum absolute atomic E-state index is 11.9. The van der Waals surface area contributed by atoms with Crippen molar-refractivity contribution in [3.8, 4) is 0 Å². The van der Waals surface area contributed by atoms with Crippen molar-refractivity contribution in [1.82, 2.24) is 19.5 Å². The second-order valence-electron chi connectivity index (χ2n) is 6.09. The second kappa shape index (κ2) is 8.91. The predicted molar refractivity (Wildman–Crippen MR) is 110 cm³/mol. The largest absolute Gasteiger partial charge is 0.487 e. The quantitative estimate of drug-likeness (QED) is 0.169. The summed E-state index contributed by atoms with van der Waals surface area (Å²) in [5, 5.41) is 10.3. The van der Waals surface area contributed by atoms with Gasteiger partial charge in [-0.15, -0.1) is 0 Å². The summed E-state index contributed by atoms with van der Waals surface area (Å²) in [6.45, 7) is -0.461. The van der Waals surface area contributed by atoms with Gasteiger partial charge in [-0.1, -0.05) is 12.2 Å². The van der Waals surface area contributed by atoms with Gasteiger partial charge in [-0.25, -0.2) is 18.4 Å². The molecule has 2 aromatic rings. The number of fused-ring (bicyclic) bond motifs is 1. The summed E-state index contributed by atoms with van der Waals surface area (Å²) in [5.74, 6) is -0.142. The number of nitrogens with two attached hydrogens (primary N) is 1. The number of nitrogen functional groups attached to an aromatic ring is 1. The van der Waals surface area contributed by atoms with Crippen molar-refractivity contribution in [2.75, 3.05) is 12.3 Å². The first-order valence-electron chi connectivity index (χ1n) is 8.00. The minimum atomic E-state index is -5.36. The van der Waals surface area contributed by atoms with Crippen LogP contribution in [0.2, 0.25) is 0 Å². The fraction of sp³-hybridized carbons (Fsp3) is 0.500. The fourth-order valence-electron chi connectivity index (χ4n) is 2.66. The van der Waals surface area contributed by atoms with E-state index in [0.29, 0.717) is 0 Å². The third-order valence-electron chi connectivity index (χ3n) is 3.78. The Balaban J connectivity index is 1.67. The van der Waals surface area contributed by atoms with Gasteiger partial charge in [-0.05, 0) is 11.8 Å². The number of aromatic amines is 1. The van der Waals surface area contributed by atoms with Gasteiger partial charge in [-0.2, -0.15) is 9.29 Å². The molecule has 3 heterocycles. The number of rotatable bonds is 8. The van der Waals surface area contributed by atoms with Crippen LogP contribution in [0.25, 0.3) is 11.2 Å². The highest BCUT2D eigenvalue weighted by Crippen LogP contribution is 2.69. The van der Waals surface area contributed by atoms with Gasteiger partial charge in [0.15, 0.2) is 11.2 Å². The summed E-state index contributed by atoms with van der Waals surface area (Å²) in [6.07, 6.45) is -1.62. The smallest absolute Gasteiger partial charge is 0.390 e. The highest BCUT2D eigenvalue weighted by Gasteiger charge is 2.40. The molecule has 0 saturated carbocycles. The van der Waals surface area contributed by atoms with E-state index >= 15 is 0 Å². The van der Waals surface area contributed by atoms with Crippen molar-refractivity contribution in [3.63, 3.8) is 0 Å². The van der Waals surface area contributed by atoms with Gasteiger partial charge in [0.2, 0.25) is 5.95 Å². The van der Waals surface area contributed by atoms with E-state index in [1.54, 1.807) is 0 Å². The number of aromatic nitrogens is 4. The van der Waals surface area contributed by atoms with Crippen LogP contribution in [-0.2, 0) is 38.8 Å². The van der Waals surface area contributed by atoms with Gasteiger partial charge < -0.3 is 34.8 Å². The first-order chi connectivity index (χ1) is 14.2. The van der Waals surface area contributed by atoms with Crippen LogP contribution >= 0.6 is 33.6 Å². The molecule has 2 unspecified atom stereocenters. The molecule has 0 aromatic carbocycles. The van der Waals surface area contributed by atoms with Crippen molar-refractivity contribution >= 4 is 62.5 Å². The zero-order chi connectivity index (χ0) is 23.2. The molecule has 1 aliphatic rings. The number of hydrogen-bond acceptors (Lipinski definition) is 12. The molecule has 31 heavy (non-hydrogen) atoms. The van der Waals surface area contributed by atoms with E-state index in [9.17, 15) is 23.9 Å². The number of ether oxygens (including phenoxy) is 1. The van der Waals surface area contributed by atoms with Gasteiger partial charge in [0.25, 0.3) is 11.3 Å². The summed E-state index contributed by atoms with van der Waals surface area (Å²) >= 11 is 8.59. The van der Waals surface area contributed by atoms with Crippen LogP contribution in [0.3, 0.4) is 0 Å². The van der Waals surface area contributed by atoms with Crippen LogP contribution in [-0.4, -0.2) is 58.1 Å². The molecule has 0 aliphatic carbocycles. The molecule has 7 N–H and O–H groups in total. The number of anilines is 1. The van der Waals surface area contributed by atoms with Crippen molar-refractivity contribution in [2.24, 2.45) is 0 Å². The molecule has 1 saturated heterocycles. The van der Waals surface area contributed by atoms with E-state index in [0.717, 1.165) is 0 Å². The molecule has 3 rings (SSSR count). The molecule has 0 radical (unpaired) electrons. The van der Waals surface area contributed by atoms with E-state index in [1.807, 2.05) is 0 Å².